The van der Waals surface area contributed by atoms with Crippen molar-refractivity contribution in [3.8, 4) is 0 Å². The van der Waals surface area contributed by atoms with Crippen LogP contribution in [0.25, 0.3) is 0 Å². The van der Waals surface area contributed by atoms with E-state index in [2.05, 4.69) is 45.4 Å². The first-order chi connectivity index (χ1) is 17.3. The Bertz CT molecular complexity index is 1060. The summed E-state index contributed by atoms with van der Waals surface area (Å²) in [5.74, 6) is 0.0432. The fourth-order valence-corrected chi connectivity index (χ4v) is 4.96. The number of aromatic nitrogens is 1. The highest BCUT2D eigenvalue weighted by molar-refractivity contribution is 9.10. The Morgan fingerprint density at radius 1 is 1.17 bits per heavy atom. The molecule has 0 spiro atoms. The maximum absolute atomic E-state index is 14.0. The second-order valence-electron chi connectivity index (χ2n) is 9.44. The van der Waals surface area contributed by atoms with Crippen molar-refractivity contribution in [2.75, 3.05) is 6.54 Å². The first-order valence-electron chi connectivity index (χ1n) is 12.7. The van der Waals surface area contributed by atoms with Crippen LogP contribution in [-0.4, -0.2) is 40.2 Å². The minimum absolute atomic E-state index is 0.1000. The van der Waals surface area contributed by atoms with E-state index in [1.165, 1.54) is 4.90 Å². The van der Waals surface area contributed by atoms with Crippen molar-refractivity contribution in [3.05, 3.63) is 63.9 Å². The Kier molecular flexibility index (Phi) is 10.0. The summed E-state index contributed by atoms with van der Waals surface area (Å²) in [5.41, 5.74) is 8.32. The van der Waals surface area contributed by atoms with E-state index in [9.17, 15) is 9.59 Å². The predicted octanol–water partition coefficient (Wildman–Crippen LogP) is 4.61. The van der Waals surface area contributed by atoms with Crippen LogP contribution in [-0.2, 0) is 23.3 Å². The molecule has 3 amide bonds. The van der Waals surface area contributed by atoms with Gasteiger partial charge in [-0.3, -0.25) is 20.1 Å². The van der Waals surface area contributed by atoms with Gasteiger partial charge >= 0.3 is 6.03 Å². The standard InChI is InChI=1S/C27H37BrN6O2/c1-3-5-11-27(21-13-22(28)17-31-16-21)14-23(29)24(30)34(25(27)35)18-20-9-7-19(8-10-20)15-33-26(36)32-12-6-4-2/h7-10,13,16-17,23,30H,3-6,11-12,14-15,18,29H2,1-2H3,(H2,32,33,36). The van der Waals surface area contributed by atoms with Gasteiger partial charge in [0, 0.05) is 30.0 Å². The molecule has 1 saturated heterocycles. The molecule has 8 nitrogen and oxygen atoms in total. The molecule has 2 heterocycles. The minimum Gasteiger partial charge on any atom is -0.338 e. The van der Waals surface area contributed by atoms with Gasteiger partial charge in [0.2, 0.25) is 5.91 Å². The third-order valence-corrected chi connectivity index (χ3v) is 7.15. The molecule has 9 heteroatoms. The molecule has 194 valence electrons. The summed E-state index contributed by atoms with van der Waals surface area (Å²) >= 11 is 3.49. The van der Waals surface area contributed by atoms with E-state index in [4.69, 9.17) is 11.1 Å². The van der Waals surface area contributed by atoms with Crippen LogP contribution in [0, 0.1) is 5.41 Å². The van der Waals surface area contributed by atoms with Crippen molar-refractivity contribution in [1.29, 1.82) is 5.41 Å². The summed E-state index contributed by atoms with van der Waals surface area (Å²) in [5, 5.41) is 14.3. The molecule has 2 unspecified atom stereocenters. The van der Waals surface area contributed by atoms with Gasteiger partial charge in [-0.05, 0) is 57.9 Å². The summed E-state index contributed by atoms with van der Waals surface area (Å²) in [6.45, 7) is 5.53. The maximum atomic E-state index is 14.0. The lowest BCUT2D eigenvalue weighted by Crippen LogP contribution is -2.61. The molecule has 2 aromatic rings. The fourth-order valence-electron chi connectivity index (χ4n) is 4.60. The number of carbonyl (C=O) groups is 2. The van der Waals surface area contributed by atoms with Gasteiger partial charge in [-0.2, -0.15) is 0 Å². The van der Waals surface area contributed by atoms with Gasteiger partial charge in [0.15, 0.2) is 0 Å². The second-order valence-corrected chi connectivity index (χ2v) is 10.4. The number of amides is 3. The van der Waals surface area contributed by atoms with E-state index in [0.717, 1.165) is 46.8 Å². The number of pyridine rings is 1. The number of hydrogen-bond donors (Lipinski definition) is 4. The summed E-state index contributed by atoms with van der Waals surface area (Å²) in [4.78, 5) is 31.7. The first kappa shape index (κ1) is 27.8. The van der Waals surface area contributed by atoms with Crippen LogP contribution in [0.3, 0.4) is 0 Å². The quantitative estimate of drug-likeness (QED) is 0.301. The second kappa shape index (κ2) is 13.0. The lowest BCUT2D eigenvalue weighted by atomic mass is 9.69. The monoisotopic (exact) mass is 556 g/mol. The molecule has 0 saturated carbocycles. The van der Waals surface area contributed by atoms with Gasteiger partial charge in [0.05, 0.1) is 18.0 Å². The summed E-state index contributed by atoms with van der Waals surface area (Å²) < 4.78 is 0.813. The van der Waals surface area contributed by atoms with E-state index in [0.29, 0.717) is 25.9 Å². The van der Waals surface area contributed by atoms with Crippen LogP contribution in [0.1, 0.15) is 69.1 Å². The van der Waals surface area contributed by atoms with Crippen molar-refractivity contribution in [2.45, 2.75) is 76.9 Å². The van der Waals surface area contributed by atoms with Gasteiger partial charge in [-0.15, -0.1) is 0 Å². The fraction of sp³-hybridized carbons (Fsp3) is 0.481. The number of halogens is 1. The van der Waals surface area contributed by atoms with E-state index in [1.54, 1.807) is 12.4 Å². The Hall–Kier alpha value is -2.78. The number of nitrogens with two attached hydrogens (primary N) is 1. The van der Waals surface area contributed by atoms with E-state index < -0.39 is 11.5 Å². The average molecular weight is 558 g/mol. The number of nitrogens with zero attached hydrogens (tertiary/aromatic N) is 2. The van der Waals surface area contributed by atoms with Crippen molar-refractivity contribution >= 4 is 33.7 Å². The number of nitrogens with one attached hydrogen (secondary N) is 3. The molecule has 3 rings (SSSR count). The Labute approximate surface area is 222 Å². The summed E-state index contributed by atoms with van der Waals surface area (Å²) in [7, 11) is 0. The van der Waals surface area contributed by atoms with E-state index >= 15 is 0 Å². The number of likely N-dealkylation sites (tertiary alicyclic amines) is 1. The topological polar surface area (TPSA) is 124 Å². The molecule has 1 aromatic carbocycles. The maximum Gasteiger partial charge on any atom is 0.315 e. The Balaban J connectivity index is 1.76. The number of rotatable bonds is 11. The first-order valence-corrected chi connectivity index (χ1v) is 13.5. The highest BCUT2D eigenvalue weighted by atomic mass is 79.9. The van der Waals surface area contributed by atoms with Crippen molar-refractivity contribution in [2.24, 2.45) is 5.73 Å². The van der Waals surface area contributed by atoms with Crippen LogP contribution in [0.4, 0.5) is 4.79 Å². The van der Waals surface area contributed by atoms with Crippen molar-refractivity contribution in [3.63, 3.8) is 0 Å². The van der Waals surface area contributed by atoms with Crippen molar-refractivity contribution in [1.82, 2.24) is 20.5 Å². The normalized spacial score (nSPS) is 19.9. The largest absolute Gasteiger partial charge is 0.338 e. The Morgan fingerprint density at radius 3 is 2.53 bits per heavy atom. The highest BCUT2D eigenvalue weighted by Gasteiger charge is 2.49. The SMILES string of the molecule is CCCCNC(=O)NCc1ccc(CN2C(=N)C(N)CC(CCCC)(c3cncc(Br)c3)C2=O)cc1. The van der Waals surface area contributed by atoms with Crippen LogP contribution in [0.2, 0.25) is 0 Å². The molecule has 2 atom stereocenters. The van der Waals surface area contributed by atoms with Crippen LogP contribution >= 0.6 is 15.9 Å². The Morgan fingerprint density at radius 2 is 1.86 bits per heavy atom. The van der Waals surface area contributed by atoms with Crippen LogP contribution in [0.15, 0.2) is 47.2 Å². The summed E-state index contributed by atoms with van der Waals surface area (Å²) in [6.07, 6.45) is 8.31. The lowest BCUT2D eigenvalue weighted by Gasteiger charge is -2.45. The smallest absolute Gasteiger partial charge is 0.315 e. The number of carbonyl (C=O) groups excluding carboxylic acids is 2. The van der Waals surface area contributed by atoms with Crippen molar-refractivity contribution < 1.29 is 9.59 Å². The van der Waals surface area contributed by atoms with Crippen LogP contribution in [0.5, 0.6) is 0 Å². The number of benzene rings is 1. The highest BCUT2D eigenvalue weighted by Crippen LogP contribution is 2.41. The van der Waals surface area contributed by atoms with Gasteiger partial charge in [-0.25, -0.2) is 4.79 Å². The number of hydrogen-bond acceptors (Lipinski definition) is 5. The predicted molar refractivity (Wildman–Crippen MR) is 146 cm³/mol. The number of piperidine rings is 1. The summed E-state index contributed by atoms with van der Waals surface area (Å²) in [6, 6.07) is 8.94. The zero-order chi connectivity index (χ0) is 26.1. The molecule has 1 aliphatic heterocycles. The lowest BCUT2D eigenvalue weighted by molar-refractivity contribution is -0.136. The molecule has 0 bridgehead atoms. The van der Waals surface area contributed by atoms with E-state index in [1.807, 2.05) is 30.3 Å². The molecule has 0 aliphatic carbocycles. The van der Waals surface area contributed by atoms with Gasteiger partial charge in [-0.1, -0.05) is 57.4 Å². The molecular weight excluding hydrogens is 520 g/mol. The molecule has 1 aromatic heterocycles. The van der Waals surface area contributed by atoms with Crippen LogP contribution < -0.4 is 16.4 Å². The minimum atomic E-state index is -0.814. The number of urea groups is 1. The molecule has 36 heavy (non-hydrogen) atoms. The molecule has 1 fully saturated rings. The molecular formula is C27H37BrN6O2. The number of amidine groups is 1. The van der Waals surface area contributed by atoms with E-state index in [-0.39, 0.29) is 24.3 Å². The zero-order valence-corrected chi connectivity index (χ0v) is 22.7. The number of unbranched alkanes of at least 4 members (excludes halogenated alkanes) is 2. The zero-order valence-electron chi connectivity index (χ0n) is 21.1. The molecule has 5 N–H and O–H groups in total. The molecule has 1 aliphatic rings. The van der Waals surface area contributed by atoms with Gasteiger partial charge in [0.1, 0.15) is 5.84 Å². The molecule has 0 radical (unpaired) electrons. The third-order valence-electron chi connectivity index (χ3n) is 6.71. The van der Waals surface area contributed by atoms with Gasteiger partial charge < -0.3 is 16.4 Å². The third kappa shape index (κ3) is 6.70. The van der Waals surface area contributed by atoms with Gasteiger partial charge in [0.25, 0.3) is 0 Å². The average Bonchev–Trinajstić information content (AvgIpc) is 2.87.